The number of nitrogens with one attached hydrogen (secondary N) is 1. The minimum Gasteiger partial charge on any atom is -0.362 e. The molecule has 0 aromatic heterocycles. The summed E-state index contributed by atoms with van der Waals surface area (Å²) in [7, 11) is 0. The van der Waals surface area contributed by atoms with E-state index in [1.807, 2.05) is 6.92 Å². The molecule has 0 spiro atoms. The van der Waals surface area contributed by atoms with Crippen molar-refractivity contribution in [1.82, 2.24) is 5.32 Å². The Morgan fingerprint density at radius 1 is 1.50 bits per heavy atom. The molecule has 0 bridgehead atoms. The van der Waals surface area contributed by atoms with Gasteiger partial charge in [0.15, 0.2) is 0 Å². The van der Waals surface area contributed by atoms with Crippen LogP contribution in [0.25, 0.3) is 0 Å². The first-order valence-electron chi connectivity index (χ1n) is 4.89. The minimum absolute atomic E-state index is 0.112. The molecule has 0 aromatic carbocycles. The van der Waals surface area contributed by atoms with Gasteiger partial charge in [-0.1, -0.05) is 6.92 Å². The largest absolute Gasteiger partial charge is 0.411 e. The minimum atomic E-state index is -4.40. The Kier molecular flexibility index (Phi) is 7.49. The standard InChI is InChI=1S/C9H15ClF3NO2/c1-2-7(3-4-10)14-8(15)5-16-6-9(11,12)13/h7H,2-6H2,1H3,(H,14,15). The van der Waals surface area contributed by atoms with E-state index in [0.29, 0.717) is 18.7 Å². The van der Waals surface area contributed by atoms with E-state index < -0.39 is 25.3 Å². The molecular formula is C9H15ClF3NO2. The fourth-order valence-corrected chi connectivity index (χ4v) is 1.30. The molecule has 7 heteroatoms. The highest BCUT2D eigenvalue weighted by Gasteiger charge is 2.27. The highest BCUT2D eigenvalue weighted by atomic mass is 35.5. The van der Waals surface area contributed by atoms with Gasteiger partial charge in [0.25, 0.3) is 0 Å². The lowest BCUT2D eigenvalue weighted by Crippen LogP contribution is -2.37. The summed E-state index contributed by atoms with van der Waals surface area (Å²) >= 11 is 5.49. The van der Waals surface area contributed by atoms with Crippen LogP contribution in [0.1, 0.15) is 19.8 Å². The van der Waals surface area contributed by atoms with Crippen molar-refractivity contribution in [3.05, 3.63) is 0 Å². The average molecular weight is 262 g/mol. The maximum absolute atomic E-state index is 11.7. The maximum atomic E-state index is 11.7. The first-order valence-corrected chi connectivity index (χ1v) is 5.42. The number of carbonyl (C=O) groups is 1. The highest BCUT2D eigenvalue weighted by molar-refractivity contribution is 6.17. The van der Waals surface area contributed by atoms with Gasteiger partial charge in [0.1, 0.15) is 13.2 Å². The summed E-state index contributed by atoms with van der Waals surface area (Å²) in [5, 5.41) is 2.54. The summed E-state index contributed by atoms with van der Waals surface area (Å²) in [4.78, 5) is 11.1. The second kappa shape index (κ2) is 7.73. The number of carbonyl (C=O) groups excluding carboxylic acids is 1. The Morgan fingerprint density at radius 3 is 2.56 bits per heavy atom. The van der Waals surface area contributed by atoms with Crippen LogP contribution in [-0.4, -0.2) is 37.2 Å². The molecule has 0 heterocycles. The van der Waals surface area contributed by atoms with Gasteiger partial charge in [-0.3, -0.25) is 4.79 Å². The Hall–Kier alpha value is -0.490. The molecule has 0 aliphatic heterocycles. The molecule has 1 N–H and O–H groups in total. The third-order valence-corrected chi connectivity index (χ3v) is 2.03. The van der Waals surface area contributed by atoms with Crippen LogP contribution in [0.4, 0.5) is 13.2 Å². The Bertz CT molecular complexity index is 211. The van der Waals surface area contributed by atoms with Crippen molar-refractivity contribution in [2.45, 2.75) is 32.0 Å². The van der Waals surface area contributed by atoms with Gasteiger partial charge in [-0.2, -0.15) is 13.2 Å². The van der Waals surface area contributed by atoms with Crippen molar-refractivity contribution >= 4 is 17.5 Å². The number of alkyl halides is 4. The van der Waals surface area contributed by atoms with Gasteiger partial charge in [-0.25, -0.2) is 0 Å². The van der Waals surface area contributed by atoms with E-state index in [-0.39, 0.29) is 6.04 Å². The molecule has 0 aliphatic rings. The summed E-state index contributed by atoms with van der Waals surface area (Å²) in [6.07, 6.45) is -3.14. The van der Waals surface area contributed by atoms with Gasteiger partial charge in [0.05, 0.1) is 0 Å². The SMILES string of the molecule is CCC(CCCl)NC(=O)COCC(F)(F)F. The van der Waals surface area contributed by atoms with Crippen molar-refractivity contribution < 1.29 is 22.7 Å². The van der Waals surface area contributed by atoms with Crippen LogP contribution in [0.15, 0.2) is 0 Å². The maximum Gasteiger partial charge on any atom is 0.411 e. The molecule has 0 radical (unpaired) electrons. The van der Waals surface area contributed by atoms with E-state index in [1.165, 1.54) is 0 Å². The molecule has 1 unspecified atom stereocenters. The van der Waals surface area contributed by atoms with Crippen molar-refractivity contribution in [2.24, 2.45) is 0 Å². The van der Waals surface area contributed by atoms with Gasteiger partial charge in [0.2, 0.25) is 5.91 Å². The van der Waals surface area contributed by atoms with Crippen LogP contribution in [-0.2, 0) is 9.53 Å². The van der Waals surface area contributed by atoms with Crippen LogP contribution < -0.4 is 5.32 Å². The van der Waals surface area contributed by atoms with Crippen LogP contribution in [0, 0.1) is 0 Å². The molecule has 0 aliphatic carbocycles. The Morgan fingerprint density at radius 2 is 2.12 bits per heavy atom. The second-order valence-electron chi connectivity index (χ2n) is 3.26. The van der Waals surface area contributed by atoms with Gasteiger partial charge < -0.3 is 10.1 Å². The van der Waals surface area contributed by atoms with Gasteiger partial charge in [-0.05, 0) is 12.8 Å². The molecule has 0 saturated carbocycles. The Labute approximate surface area is 97.3 Å². The fraction of sp³-hybridized carbons (Fsp3) is 0.889. The topological polar surface area (TPSA) is 38.3 Å². The summed E-state index contributed by atoms with van der Waals surface area (Å²) in [5.41, 5.74) is 0. The number of halogens is 4. The lowest BCUT2D eigenvalue weighted by atomic mass is 10.2. The molecule has 3 nitrogen and oxygen atoms in total. The van der Waals surface area contributed by atoms with Crippen molar-refractivity contribution in [3.8, 4) is 0 Å². The van der Waals surface area contributed by atoms with Crippen LogP contribution >= 0.6 is 11.6 Å². The number of ether oxygens (including phenoxy) is 1. The molecule has 1 amide bonds. The van der Waals surface area contributed by atoms with Gasteiger partial charge in [-0.15, -0.1) is 11.6 Å². The lowest BCUT2D eigenvalue weighted by Gasteiger charge is -2.15. The highest BCUT2D eigenvalue weighted by Crippen LogP contribution is 2.14. The van der Waals surface area contributed by atoms with E-state index in [2.05, 4.69) is 10.1 Å². The van der Waals surface area contributed by atoms with Gasteiger partial charge in [0, 0.05) is 11.9 Å². The predicted molar refractivity (Wildman–Crippen MR) is 54.4 cm³/mol. The molecule has 16 heavy (non-hydrogen) atoms. The molecule has 0 saturated heterocycles. The van der Waals surface area contributed by atoms with Crippen molar-refractivity contribution in [1.29, 1.82) is 0 Å². The first kappa shape index (κ1) is 15.5. The Balaban J connectivity index is 3.72. The van der Waals surface area contributed by atoms with Crippen LogP contribution in [0.3, 0.4) is 0 Å². The zero-order valence-corrected chi connectivity index (χ0v) is 9.70. The molecule has 0 aromatic rings. The van der Waals surface area contributed by atoms with Crippen LogP contribution in [0.2, 0.25) is 0 Å². The fourth-order valence-electron chi connectivity index (χ4n) is 1.04. The number of hydrogen-bond acceptors (Lipinski definition) is 2. The van der Waals surface area contributed by atoms with Crippen LogP contribution in [0.5, 0.6) is 0 Å². The lowest BCUT2D eigenvalue weighted by molar-refractivity contribution is -0.175. The molecule has 0 rings (SSSR count). The van der Waals surface area contributed by atoms with E-state index in [1.54, 1.807) is 0 Å². The van der Waals surface area contributed by atoms with Crippen molar-refractivity contribution in [2.75, 3.05) is 19.1 Å². The summed E-state index contributed by atoms with van der Waals surface area (Å²) in [6, 6.07) is -0.112. The van der Waals surface area contributed by atoms with E-state index >= 15 is 0 Å². The number of rotatable bonds is 7. The zero-order valence-electron chi connectivity index (χ0n) is 8.94. The first-order chi connectivity index (χ1) is 7.39. The number of amides is 1. The number of hydrogen-bond donors (Lipinski definition) is 1. The monoisotopic (exact) mass is 261 g/mol. The van der Waals surface area contributed by atoms with E-state index in [0.717, 1.165) is 0 Å². The quantitative estimate of drug-likeness (QED) is 0.713. The summed E-state index contributed by atoms with van der Waals surface area (Å²) < 4.78 is 39.3. The van der Waals surface area contributed by atoms with Crippen molar-refractivity contribution in [3.63, 3.8) is 0 Å². The average Bonchev–Trinajstić information content (AvgIpc) is 2.15. The molecule has 1 atom stereocenters. The third-order valence-electron chi connectivity index (χ3n) is 1.81. The summed E-state index contributed by atoms with van der Waals surface area (Å²) in [5.74, 6) is -0.163. The molecule has 0 fully saturated rings. The summed E-state index contributed by atoms with van der Waals surface area (Å²) in [6.45, 7) is -0.140. The second-order valence-corrected chi connectivity index (χ2v) is 3.64. The normalized spacial score (nSPS) is 13.6. The third kappa shape index (κ3) is 8.79. The van der Waals surface area contributed by atoms with E-state index in [9.17, 15) is 18.0 Å². The van der Waals surface area contributed by atoms with E-state index in [4.69, 9.17) is 11.6 Å². The predicted octanol–water partition coefficient (Wildman–Crippen LogP) is 2.09. The molecular weight excluding hydrogens is 247 g/mol. The smallest absolute Gasteiger partial charge is 0.362 e. The zero-order chi connectivity index (χ0) is 12.6. The van der Waals surface area contributed by atoms with Gasteiger partial charge >= 0.3 is 6.18 Å². The molecule has 96 valence electrons.